The molecule has 2 N–H and O–H groups in total. The number of hydrogen-bond acceptors (Lipinski definition) is 3. The van der Waals surface area contributed by atoms with Gasteiger partial charge in [-0.15, -0.1) is 5.01 Å². The van der Waals surface area contributed by atoms with Crippen LogP contribution >= 0.6 is 11.6 Å². The van der Waals surface area contributed by atoms with Crippen LogP contribution in [-0.2, 0) is 4.84 Å². The van der Waals surface area contributed by atoms with Crippen molar-refractivity contribution in [3.8, 4) is 0 Å². The second kappa shape index (κ2) is 5.97. The Morgan fingerprint density at radius 1 is 1.60 bits per heavy atom. The number of aliphatic hydroxyl groups excluding tert-OH is 1. The molecule has 15 heavy (non-hydrogen) atoms. The zero-order valence-electron chi connectivity index (χ0n) is 8.71. The molecule has 1 aliphatic heterocycles. The quantitative estimate of drug-likeness (QED) is 0.332. The van der Waals surface area contributed by atoms with Crippen molar-refractivity contribution in [1.29, 1.82) is 0 Å². The van der Waals surface area contributed by atoms with Crippen molar-refractivity contribution in [3.05, 3.63) is 0 Å². The Kier molecular flexibility index (Phi) is 4.90. The molecule has 6 nitrogen and oxygen atoms in total. The van der Waals surface area contributed by atoms with E-state index in [9.17, 15) is 5.21 Å². The second-order valence-corrected chi connectivity index (χ2v) is 4.19. The number of hydrazine groups is 1. The number of alkyl halides is 1. The summed E-state index contributed by atoms with van der Waals surface area (Å²) in [5.74, 6) is 0.322. The molecule has 88 valence electrons. The Morgan fingerprint density at radius 2 is 2.20 bits per heavy atom. The zero-order valence-corrected chi connectivity index (χ0v) is 9.47. The van der Waals surface area contributed by atoms with Crippen LogP contribution in [0.3, 0.4) is 0 Å². The number of piperidine rings is 1. The summed E-state index contributed by atoms with van der Waals surface area (Å²) in [4.78, 5) is 5.36. The molecule has 0 aromatic carbocycles. The monoisotopic (exact) mass is 238 g/mol. The van der Waals surface area contributed by atoms with E-state index >= 15 is 0 Å². The van der Waals surface area contributed by atoms with Crippen LogP contribution in [0.4, 0.5) is 0 Å². The van der Waals surface area contributed by atoms with Crippen LogP contribution in [0.2, 0.25) is 0 Å². The van der Waals surface area contributed by atoms with Gasteiger partial charge in [0, 0.05) is 6.61 Å². The molecule has 1 heterocycles. The van der Waals surface area contributed by atoms with E-state index in [0.29, 0.717) is 24.0 Å². The van der Waals surface area contributed by atoms with E-state index in [1.807, 2.05) is 0 Å². The molecule has 1 atom stereocenters. The van der Waals surface area contributed by atoms with Crippen molar-refractivity contribution >= 4 is 11.6 Å². The first-order chi connectivity index (χ1) is 7.13. The van der Waals surface area contributed by atoms with Crippen LogP contribution in [0, 0.1) is 5.92 Å². The van der Waals surface area contributed by atoms with Crippen molar-refractivity contribution in [3.63, 3.8) is 0 Å². The van der Waals surface area contributed by atoms with Crippen LogP contribution in [-0.4, -0.2) is 45.6 Å². The van der Waals surface area contributed by atoms with Crippen molar-refractivity contribution in [2.24, 2.45) is 11.2 Å². The van der Waals surface area contributed by atoms with Gasteiger partial charge in [-0.2, -0.15) is 0 Å². The summed E-state index contributed by atoms with van der Waals surface area (Å²) in [6.07, 6.45) is 1.67. The smallest absolute Gasteiger partial charge is 0.275 e. The fourth-order valence-corrected chi connectivity index (χ4v) is 1.48. The van der Waals surface area contributed by atoms with E-state index in [4.69, 9.17) is 16.7 Å². The number of aliphatic hydroxyl groups is 1. The molecule has 0 saturated carbocycles. The van der Waals surface area contributed by atoms with E-state index in [1.165, 1.54) is 0 Å². The van der Waals surface area contributed by atoms with Gasteiger partial charge in [-0.1, -0.05) is 11.6 Å². The second-order valence-electron chi connectivity index (χ2n) is 3.58. The highest BCUT2D eigenvalue weighted by Crippen LogP contribution is 2.16. The van der Waals surface area contributed by atoms with Gasteiger partial charge in [0.2, 0.25) is 5.56 Å². The van der Waals surface area contributed by atoms with Crippen LogP contribution in [0.25, 0.3) is 0 Å². The van der Waals surface area contributed by atoms with Crippen LogP contribution in [0.15, 0.2) is 5.28 Å². The molecule has 7 heteroatoms. The normalized spacial score (nSPS) is 21.5. The lowest BCUT2D eigenvalue weighted by molar-refractivity contribution is -0.942. The van der Waals surface area contributed by atoms with E-state index in [2.05, 4.69) is 10.1 Å². The highest BCUT2D eigenvalue weighted by atomic mass is 35.5. The van der Waals surface area contributed by atoms with E-state index < -0.39 is 5.56 Å². The van der Waals surface area contributed by atoms with Crippen LogP contribution < -0.4 is 0 Å². The van der Waals surface area contributed by atoms with E-state index in [1.54, 1.807) is 11.9 Å². The molecule has 0 aromatic rings. The average molecular weight is 239 g/mol. The Hall–Kier alpha value is -0.750. The summed E-state index contributed by atoms with van der Waals surface area (Å²) in [5, 5.41) is 23.4. The summed E-state index contributed by atoms with van der Waals surface area (Å²) in [7, 11) is 0. The van der Waals surface area contributed by atoms with Crippen molar-refractivity contribution in [1.82, 2.24) is 5.01 Å². The molecule has 0 spiro atoms. The Balaban J connectivity index is 2.35. The Morgan fingerprint density at radius 3 is 2.67 bits per heavy atom. The SMILES string of the molecule is CC(Cl)O/N=[N+](\O)N1CCC(CO)CC1. The van der Waals surface area contributed by atoms with E-state index in [0.717, 1.165) is 12.8 Å². The van der Waals surface area contributed by atoms with Gasteiger partial charge in [0.25, 0.3) is 10.2 Å². The lowest BCUT2D eigenvalue weighted by Crippen LogP contribution is -2.40. The molecule has 1 aliphatic rings. The van der Waals surface area contributed by atoms with Gasteiger partial charge in [0.15, 0.2) is 0 Å². The lowest BCUT2D eigenvalue weighted by Gasteiger charge is -2.23. The van der Waals surface area contributed by atoms with Crippen molar-refractivity contribution < 1.29 is 20.1 Å². The van der Waals surface area contributed by atoms with Gasteiger partial charge >= 0.3 is 0 Å². The van der Waals surface area contributed by atoms with Gasteiger partial charge in [-0.05, 0) is 25.7 Å². The topological polar surface area (TPSA) is 68.3 Å². The van der Waals surface area contributed by atoms with Gasteiger partial charge in [-0.3, -0.25) is 0 Å². The molecule has 1 rings (SSSR count). The van der Waals surface area contributed by atoms with Crippen LogP contribution in [0.1, 0.15) is 19.8 Å². The van der Waals surface area contributed by atoms with Gasteiger partial charge in [0.1, 0.15) is 0 Å². The van der Waals surface area contributed by atoms with Crippen molar-refractivity contribution in [2.45, 2.75) is 25.3 Å². The van der Waals surface area contributed by atoms with Gasteiger partial charge in [0.05, 0.1) is 13.1 Å². The summed E-state index contributed by atoms with van der Waals surface area (Å²) in [5.41, 5.74) is -0.574. The van der Waals surface area contributed by atoms with Gasteiger partial charge < -0.3 is 9.94 Å². The molecular weight excluding hydrogens is 222 g/mol. The molecule has 0 bridgehead atoms. The third-order valence-electron chi connectivity index (χ3n) is 2.37. The minimum absolute atomic E-state index is 0.200. The fourth-order valence-electron chi connectivity index (χ4n) is 1.44. The first kappa shape index (κ1) is 12.3. The molecule has 1 fully saturated rings. The molecule has 0 aromatic heterocycles. The van der Waals surface area contributed by atoms with E-state index in [-0.39, 0.29) is 6.61 Å². The number of halogens is 1. The first-order valence-electron chi connectivity index (χ1n) is 4.99. The highest BCUT2D eigenvalue weighted by molar-refractivity contribution is 6.19. The third kappa shape index (κ3) is 4.09. The summed E-state index contributed by atoms with van der Waals surface area (Å²) >= 11 is 5.50. The third-order valence-corrected chi connectivity index (χ3v) is 2.45. The first-order valence-corrected chi connectivity index (χ1v) is 5.42. The average Bonchev–Trinajstić information content (AvgIpc) is 2.26. The van der Waals surface area contributed by atoms with Gasteiger partial charge in [-0.25, -0.2) is 5.21 Å². The largest absolute Gasteiger partial charge is 0.396 e. The standard InChI is InChI=1S/C8H17ClN3O3/c1-7(9)15-10-12(14)11-4-2-8(6-13)3-5-11/h7-8,13H,2-6H2,1H3,(H,10,14)/q+1. The number of hydrogen-bond donors (Lipinski definition) is 2. The Bertz CT molecular complexity index is 217. The molecule has 1 saturated heterocycles. The molecule has 0 radical (unpaired) electrons. The maximum atomic E-state index is 9.43. The predicted octanol–water partition coefficient (Wildman–Crippen LogP) is 0.976. The van der Waals surface area contributed by atoms with Crippen molar-refractivity contribution in [2.75, 3.05) is 19.7 Å². The van der Waals surface area contributed by atoms with Crippen LogP contribution in [0.5, 0.6) is 0 Å². The predicted molar refractivity (Wildman–Crippen MR) is 52.3 cm³/mol. The number of nitrogens with zero attached hydrogens (tertiary/aromatic N) is 3. The molecular formula is C8H17ClN3O3+. The number of rotatable bonds is 4. The summed E-state index contributed by atoms with van der Waals surface area (Å²) in [6.45, 7) is 3.10. The molecule has 0 amide bonds. The maximum Gasteiger partial charge on any atom is 0.275 e. The summed E-state index contributed by atoms with van der Waals surface area (Å²) in [6, 6.07) is 0. The molecule has 0 aliphatic carbocycles. The Labute approximate surface area is 93.6 Å². The minimum atomic E-state index is -0.574. The fraction of sp³-hybridized carbons (Fsp3) is 1.00. The minimum Gasteiger partial charge on any atom is -0.396 e. The highest BCUT2D eigenvalue weighted by Gasteiger charge is 2.26. The lowest BCUT2D eigenvalue weighted by atomic mass is 9.99. The molecule has 1 unspecified atom stereocenters. The summed E-state index contributed by atoms with van der Waals surface area (Å²) < 4.78 is 0. The zero-order chi connectivity index (χ0) is 11.3. The maximum absolute atomic E-state index is 9.43.